The van der Waals surface area contributed by atoms with Gasteiger partial charge in [-0.2, -0.15) is 0 Å². The first-order valence-electron chi connectivity index (χ1n) is 9.24. The van der Waals surface area contributed by atoms with Gasteiger partial charge in [0.1, 0.15) is 12.1 Å². The Hall–Kier alpha value is -3.78. The fourth-order valence-corrected chi connectivity index (χ4v) is 4.84. The fourth-order valence-electron chi connectivity index (χ4n) is 3.51. The van der Waals surface area contributed by atoms with Gasteiger partial charge in [0.2, 0.25) is 0 Å². The quantitative estimate of drug-likeness (QED) is 0.481. The van der Waals surface area contributed by atoms with Crippen LogP contribution in [0.25, 0.3) is 33.1 Å². The van der Waals surface area contributed by atoms with Gasteiger partial charge < -0.3 is 5.73 Å². The molecule has 0 aliphatic heterocycles. The topological polar surface area (TPSA) is 104 Å². The van der Waals surface area contributed by atoms with Gasteiger partial charge in [0.05, 0.1) is 10.4 Å². The minimum absolute atomic E-state index is 0.207. The Bertz CT molecular complexity index is 1520. The van der Waals surface area contributed by atoms with Crippen LogP contribution in [0.3, 0.4) is 0 Å². The van der Waals surface area contributed by atoms with Crippen molar-refractivity contribution >= 4 is 37.8 Å². The van der Waals surface area contributed by atoms with Gasteiger partial charge in [-0.3, -0.25) is 0 Å². The van der Waals surface area contributed by atoms with E-state index in [0.29, 0.717) is 16.9 Å². The van der Waals surface area contributed by atoms with Gasteiger partial charge in [-0.1, -0.05) is 23.8 Å². The average molecular weight is 415 g/mol. The summed E-state index contributed by atoms with van der Waals surface area (Å²) in [5.41, 5.74) is 9.63. The number of benzene rings is 2. The summed E-state index contributed by atoms with van der Waals surface area (Å²) in [6, 6.07) is 16.0. The number of hydrogen-bond acceptors (Lipinski definition) is 6. The predicted molar refractivity (Wildman–Crippen MR) is 116 cm³/mol. The van der Waals surface area contributed by atoms with Gasteiger partial charge in [-0.15, -0.1) is 0 Å². The van der Waals surface area contributed by atoms with Gasteiger partial charge in [0.25, 0.3) is 10.0 Å². The Morgan fingerprint density at radius 3 is 2.53 bits per heavy atom. The second kappa shape index (κ2) is 6.64. The normalized spacial score (nSPS) is 11.9. The van der Waals surface area contributed by atoms with E-state index in [1.165, 1.54) is 10.3 Å². The predicted octanol–water partition coefficient (Wildman–Crippen LogP) is 3.77. The highest BCUT2D eigenvalue weighted by Gasteiger charge is 2.22. The van der Waals surface area contributed by atoms with Crippen LogP contribution < -0.4 is 5.73 Å². The molecule has 8 heteroatoms. The molecule has 2 aromatic carbocycles. The maximum Gasteiger partial charge on any atom is 0.269 e. The Labute approximate surface area is 172 Å². The highest BCUT2D eigenvalue weighted by Crippen LogP contribution is 2.34. The SMILES string of the molecule is Cc1ccc(S(=O)(=O)n2cc(-c3ccc4ncnc(N)c4c3)c3cccnc32)cc1. The van der Waals surface area contributed by atoms with Crippen molar-refractivity contribution < 1.29 is 8.42 Å². The van der Waals surface area contributed by atoms with E-state index >= 15 is 0 Å². The van der Waals surface area contributed by atoms with Crippen molar-refractivity contribution in [2.24, 2.45) is 0 Å². The van der Waals surface area contributed by atoms with Gasteiger partial charge in [0, 0.05) is 28.7 Å². The lowest BCUT2D eigenvalue weighted by molar-refractivity contribution is 0.589. The fraction of sp³-hybridized carbons (Fsp3) is 0.0455. The number of aromatic nitrogens is 4. The standard InChI is InChI=1S/C22H17N5O2S/c1-14-4-7-16(8-5-14)30(28,29)27-12-19(17-3-2-10-24-22(17)27)15-6-9-20-18(11-15)21(23)26-13-25-20/h2-13H,1H3,(H2,23,25,26). The molecule has 0 atom stereocenters. The maximum atomic E-state index is 13.4. The van der Waals surface area contributed by atoms with Crippen LogP contribution in [0.5, 0.6) is 0 Å². The second-order valence-electron chi connectivity index (χ2n) is 7.02. The summed E-state index contributed by atoms with van der Waals surface area (Å²) in [5.74, 6) is 0.371. The van der Waals surface area contributed by atoms with Gasteiger partial charge in [-0.05, 0) is 48.9 Å². The second-order valence-corrected chi connectivity index (χ2v) is 8.84. The zero-order valence-electron chi connectivity index (χ0n) is 16.0. The smallest absolute Gasteiger partial charge is 0.269 e. The van der Waals surface area contributed by atoms with Crippen molar-refractivity contribution in [1.82, 2.24) is 18.9 Å². The molecule has 2 N–H and O–H groups in total. The van der Waals surface area contributed by atoms with Gasteiger partial charge >= 0.3 is 0 Å². The van der Waals surface area contributed by atoms with E-state index in [9.17, 15) is 8.42 Å². The number of fused-ring (bicyclic) bond motifs is 2. The summed E-state index contributed by atoms with van der Waals surface area (Å²) >= 11 is 0. The molecule has 0 aliphatic carbocycles. The molecular formula is C22H17N5O2S. The number of nitrogens with two attached hydrogens (primary N) is 1. The van der Waals surface area contributed by atoms with E-state index in [4.69, 9.17) is 5.73 Å². The van der Waals surface area contributed by atoms with Crippen molar-refractivity contribution in [2.45, 2.75) is 11.8 Å². The highest BCUT2D eigenvalue weighted by molar-refractivity contribution is 7.90. The van der Waals surface area contributed by atoms with Crippen LogP contribution in [0.1, 0.15) is 5.56 Å². The van der Waals surface area contributed by atoms with Crippen LogP contribution in [-0.4, -0.2) is 27.3 Å². The summed E-state index contributed by atoms with van der Waals surface area (Å²) in [4.78, 5) is 12.8. The summed E-state index contributed by atoms with van der Waals surface area (Å²) in [7, 11) is -3.82. The van der Waals surface area contributed by atoms with Gasteiger partial charge in [0.15, 0.2) is 5.65 Å². The molecule has 0 fully saturated rings. The molecule has 0 aliphatic rings. The van der Waals surface area contributed by atoms with Gasteiger partial charge in [-0.25, -0.2) is 27.3 Å². The van der Waals surface area contributed by atoms with Crippen molar-refractivity contribution in [3.05, 3.63) is 78.9 Å². The molecule has 0 spiro atoms. The molecule has 3 aromatic heterocycles. The first-order chi connectivity index (χ1) is 14.4. The summed E-state index contributed by atoms with van der Waals surface area (Å²) in [6.45, 7) is 1.91. The van der Waals surface area contributed by atoms with Crippen LogP contribution in [-0.2, 0) is 10.0 Å². The molecule has 148 valence electrons. The minimum Gasteiger partial charge on any atom is -0.383 e. The number of aryl methyl sites for hydroxylation is 1. The first kappa shape index (κ1) is 18.3. The summed E-state index contributed by atoms with van der Waals surface area (Å²) in [6.07, 6.45) is 4.61. The molecular weight excluding hydrogens is 398 g/mol. The Kier molecular flexibility index (Phi) is 4.04. The van der Waals surface area contributed by atoms with Crippen LogP contribution >= 0.6 is 0 Å². The molecule has 0 saturated carbocycles. The molecule has 0 saturated heterocycles. The van der Waals surface area contributed by atoms with E-state index in [-0.39, 0.29) is 4.90 Å². The van der Waals surface area contributed by atoms with Crippen molar-refractivity contribution in [3.8, 4) is 11.1 Å². The van der Waals surface area contributed by atoms with E-state index in [1.54, 1.807) is 42.7 Å². The number of nitrogen functional groups attached to an aromatic ring is 1. The molecule has 0 amide bonds. The van der Waals surface area contributed by atoms with Crippen molar-refractivity contribution in [2.75, 3.05) is 5.73 Å². The Morgan fingerprint density at radius 2 is 1.73 bits per heavy atom. The minimum atomic E-state index is -3.82. The van der Waals surface area contributed by atoms with E-state index in [2.05, 4.69) is 15.0 Å². The molecule has 0 radical (unpaired) electrons. The van der Waals surface area contributed by atoms with Crippen LogP contribution in [0.2, 0.25) is 0 Å². The zero-order chi connectivity index (χ0) is 20.9. The number of hydrogen-bond donors (Lipinski definition) is 1. The third-order valence-corrected chi connectivity index (χ3v) is 6.75. The maximum absolute atomic E-state index is 13.4. The lowest BCUT2D eigenvalue weighted by atomic mass is 10.0. The molecule has 5 aromatic rings. The lowest BCUT2D eigenvalue weighted by Gasteiger charge is -2.07. The van der Waals surface area contributed by atoms with Crippen LogP contribution in [0.15, 0.2) is 78.2 Å². The highest BCUT2D eigenvalue weighted by atomic mass is 32.2. The lowest BCUT2D eigenvalue weighted by Crippen LogP contribution is -2.12. The Morgan fingerprint density at radius 1 is 0.933 bits per heavy atom. The van der Waals surface area contributed by atoms with Crippen LogP contribution in [0.4, 0.5) is 5.82 Å². The number of pyridine rings is 1. The molecule has 3 heterocycles. The first-order valence-corrected chi connectivity index (χ1v) is 10.7. The number of nitrogens with zero attached hydrogens (tertiary/aromatic N) is 4. The van der Waals surface area contributed by atoms with E-state index < -0.39 is 10.0 Å². The number of rotatable bonds is 3. The molecule has 30 heavy (non-hydrogen) atoms. The van der Waals surface area contributed by atoms with Crippen LogP contribution in [0, 0.1) is 6.92 Å². The molecule has 7 nitrogen and oxygen atoms in total. The largest absolute Gasteiger partial charge is 0.383 e. The average Bonchev–Trinajstić information content (AvgIpc) is 3.15. The molecule has 5 rings (SSSR count). The Balaban J connectivity index is 1.76. The summed E-state index contributed by atoms with van der Waals surface area (Å²) < 4.78 is 27.9. The monoisotopic (exact) mass is 415 g/mol. The van der Waals surface area contributed by atoms with E-state index in [0.717, 1.165) is 27.6 Å². The molecule has 0 bridgehead atoms. The third-order valence-electron chi connectivity index (χ3n) is 5.09. The van der Waals surface area contributed by atoms with Crippen molar-refractivity contribution in [3.63, 3.8) is 0 Å². The number of anilines is 1. The third kappa shape index (κ3) is 2.81. The molecule has 0 unspecified atom stereocenters. The zero-order valence-corrected chi connectivity index (χ0v) is 16.8. The van der Waals surface area contributed by atoms with E-state index in [1.807, 2.05) is 31.2 Å². The van der Waals surface area contributed by atoms with Crippen molar-refractivity contribution in [1.29, 1.82) is 0 Å². The summed E-state index contributed by atoms with van der Waals surface area (Å²) in [5, 5.41) is 1.43.